The van der Waals surface area contributed by atoms with E-state index in [0.717, 1.165) is 10.0 Å². The first-order valence-electron chi connectivity index (χ1n) is 7.71. The zero-order chi connectivity index (χ0) is 18.2. The Kier molecular flexibility index (Phi) is 7.28. The number of hydrogen-bond acceptors (Lipinski definition) is 3. The number of ether oxygens (including phenoxy) is 1. The van der Waals surface area contributed by atoms with Crippen molar-refractivity contribution in [2.24, 2.45) is 0 Å². The molecule has 2 N–H and O–H groups in total. The summed E-state index contributed by atoms with van der Waals surface area (Å²) in [6, 6.07) is 12.2. The maximum absolute atomic E-state index is 12.0. The second-order valence-electron chi connectivity index (χ2n) is 5.15. The van der Waals surface area contributed by atoms with Gasteiger partial charge in [-0.3, -0.25) is 9.59 Å². The topological polar surface area (TPSA) is 67.4 Å². The summed E-state index contributed by atoms with van der Waals surface area (Å²) < 4.78 is 6.19. The molecule has 0 atom stereocenters. The Hall–Kier alpha value is -2.05. The van der Waals surface area contributed by atoms with E-state index >= 15 is 0 Å². The number of nitrogens with one attached hydrogen (secondary N) is 2. The van der Waals surface area contributed by atoms with Gasteiger partial charge in [-0.1, -0.05) is 33.6 Å². The van der Waals surface area contributed by atoms with Crippen LogP contribution < -0.4 is 15.4 Å². The van der Waals surface area contributed by atoms with Crippen LogP contribution in [0.2, 0.25) is 5.02 Å². The molecular weight excluding hydrogens is 408 g/mol. The van der Waals surface area contributed by atoms with Crippen molar-refractivity contribution in [1.82, 2.24) is 10.6 Å². The highest BCUT2D eigenvalue weighted by Gasteiger charge is 2.09. The minimum atomic E-state index is -0.320. The van der Waals surface area contributed by atoms with E-state index in [9.17, 15) is 9.59 Å². The first-order chi connectivity index (χ1) is 12.0. The lowest BCUT2D eigenvalue weighted by Crippen LogP contribution is -2.36. The molecule has 0 aliphatic carbocycles. The van der Waals surface area contributed by atoms with Gasteiger partial charge in [0.15, 0.2) is 0 Å². The molecule has 2 aromatic carbocycles. The highest BCUT2D eigenvalue weighted by Crippen LogP contribution is 2.21. The first kappa shape index (κ1) is 19.3. The Balaban J connectivity index is 1.79. The molecule has 2 amide bonds. The predicted molar refractivity (Wildman–Crippen MR) is 101 cm³/mol. The number of halogens is 2. The second kappa shape index (κ2) is 9.44. The summed E-state index contributed by atoms with van der Waals surface area (Å²) in [5, 5.41) is 5.86. The molecule has 0 aromatic heterocycles. The highest BCUT2D eigenvalue weighted by molar-refractivity contribution is 9.10. The Labute approximate surface area is 159 Å². The molecular formula is C18H18BrClN2O3. The number of benzene rings is 2. The molecule has 132 valence electrons. The van der Waals surface area contributed by atoms with Gasteiger partial charge in [0.05, 0.1) is 13.2 Å². The maximum Gasteiger partial charge on any atom is 0.251 e. The van der Waals surface area contributed by atoms with Crippen LogP contribution in [0.3, 0.4) is 0 Å². The van der Waals surface area contributed by atoms with Crippen molar-refractivity contribution in [3.63, 3.8) is 0 Å². The van der Waals surface area contributed by atoms with Gasteiger partial charge in [-0.15, -0.1) is 0 Å². The molecule has 0 spiro atoms. The first-order valence-corrected chi connectivity index (χ1v) is 8.88. The standard InChI is InChI=1S/C18H18BrClN2O3/c1-2-25-15-7-4-12(5-8-15)18(24)22-11-17(23)21-10-13-3-6-14(19)9-16(13)20/h3-9H,2,10-11H2,1H3,(H,21,23)(H,22,24). The van der Waals surface area contributed by atoms with Crippen LogP contribution in [-0.4, -0.2) is 25.0 Å². The zero-order valence-corrected chi connectivity index (χ0v) is 16.0. The van der Waals surface area contributed by atoms with E-state index in [0.29, 0.717) is 29.5 Å². The number of amides is 2. The molecule has 0 fully saturated rings. The largest absolute Gasteiger partial charge is 0.494 e. The van der Waals surface area contributed by atoms with Gasteiger partial charge < -0.3 is 15.4 Å². The zero-order valence-electron chi connectivity index (χ0n) is 13.6. The van der Waals surface area contributed by atoms with Crippen LogP contribution >= 0.6 is 27.5 Å². The fourth-order valence-electron chi connectivity index (χ4n) is 2.05. The van der Waals surface area contributed by atoms with Gasteiger partial charge in [0.25, 0.3) is 5.91 Å². The number of rotatable bonds is 7. The summed E-state index contributed by atoms with van der Waals surface area (Å²) in [7, 11) is 0. The van der Waals surface area contributed by atoms with Gasteiger partial charge in [-0.05, 0) is 48.9 Å². The van der Waals surface area contributed by atoms with Crippen molar-refractivity contribution < 1.29 is 14.3 Å². The monoisotopic (exact) mass is 424 g/mol. The van der Waals surface area contributed by atoms with Crippen LogP contribution in [-0.2, 0) is 11.3 Å². The quantitative estimate of drug-likeness (QED) is 0.713. The third-order valence-corrected chi connectivity index (χ3v) is 4.17. The van der Waals surface area contributed by atoms with E-state index in [4.69, 9.17) is 16.3 Å². The second-order valence-corrected chi connectivity index (χ2v) is 6.48. The third-order valence-electron chi connectivity index (χ3n) is 3.33. The summed E-state index contributed by atoms with van der Waals surface area (Å²) in [6.45, 7) is 2.64. The van der Waals surface area contributed by atoms with Crippen LogP contribution in [0.15, 0.2) is 46.9 Å². The highest BCUT2D eigenvalue weighted by atomic mass is 79.9. The van der Waals surface area contributed by atoms with Crippen LogP contribution in [0.1, 0.15) is 22.8 Å². The van der Waals surface area contributed by atoms with Crippen LogP contribution in [0.25, 0.3) is 0 Å². The van der Waals surface area contributed by atoms with E-state index in [1.807, 2.05) is 19.1 Å². The molecule has 25 heavy (non-hydrogen) atoms. The molecule has 0 aliphatic heterocycles. The van der Waals surface area contributed by atoms with Crippen LogP contribution in [0, 0.1) is 0 Å². The van der Waals surface area contributed by atoms with Gasteiger partial charge in [0, 0.05) is 21.6 Å². The molecule has 7 heteroatoms. The van der Waals surface area contributed by atoms with Crippen LogP contribution in [0.5, 0.6) is 5.75 Å². The lowest BCUT2D eigenvalue weighted by Gasteiger charge is -2.09. The van der Waals surface area contributed by atoms with Gasteiger partial charge in [0.1, 0.15) is 5.75 Å². The minimum Gasteiger partial charge on any atom is -0.494 e. The number of carbonyl (C=O) groups is 2. The smallest absolute Gasteiger partial charge is 0.251 e. The Morgan fingerprint density at radius 3 is 2.48 bits per heavy atom. The van der Waals surface area contributed by atoms with Crippen molar-refractivity contribution in [1.29, 1.82) is 0 Å². The van der Waals surface area contributed by atoms with E-state index < -0.39 is 0 Å². The summed E-state index contributed by atoms with van der Waals surface area (Å²) in [4.78, 5) is 23.9. The van der Waals surface area contributed by atoms with Gasteiger partial charge in [-0.25, -0.2) is 0 Å². The SMILES string of the molecule is CCOc1ccc(C(=O)NCC(=O)NCc2ccc(Br)cc2Cl)cc1. The van der Waals surface area contributed by atoms with E-state index in [1.165, 1.54) is 0 Å². The van der Waals surface area contributed by atoms with E-state index in [2.05, 4.69) is 26.6 Å². The summed E-state index contributed by atoms with van der Waals surface area (Å²) in [5.74, 6) is 0.0846. The molecule has 2 aromatic rings. The van der Waals surface area contributed by atoms with E-state index in [1.54, 1.807) is 30.3 Å². The number of carbonyl (C=O) groups excluding carboxylic acids is 2. The predicted octanol–water partition coefficient (Wildman–Crippen LogP) is 3.55. The lowest BCUT2D eigenvalue weighted by molar-refractivity contribution is -0.120. The minimum absolute atomic E-state index is 0.111. The maximum atomic E-state index is 12.0. The van der Waals surface area contributed by atoms with Gasteiger partial charge in [0.2, 0.25) is 5.91 Å². The molecule has 5 nitrogen and oxygen atoms in total. The van der Waals surface area contributed by atoms with Crippen molar-refractivity contribution in [3.05, 3.63) is 63.1 Å². The molecule has 2 rings (SSSR count). The molecule has 0 heterocycles. The van der Waals surface area contributed by atoms with Crippen molar-refractivity contribution in [2.45, 2.75) is 13.5 Å². The summed E-state index contributed by atoms with van der Waals surface area (Å²) in [6.07, 6.45) is 0. The Bertz CT molecular complexity index is 750. The Morgan fingerprint density at radius 1 is 1.12 bits per heavy atom. The Morgan fingerprint density at radius 2 is 1.84 bits per heavy atom. The normalized spacial score (nSPS) is 10.2. The van der Waals surface area contributed by atoms with Crippen molar-refractivity contribution in [3.8, 4) is 5.75 Å². The van der Waals surface area contributed by atoms with Gasteiger partial charge >= 0.3 is 0 Å². The fraction of sp³-hybridized carbons (Fsp3) is 0.222. The van der Waals surface area contributed by atoms with E-state index in [-0.39, 0.29) is 18.4 Å². The average Bonchev–Trinajstić information content (AvgIpc) is 2.60. The van der Waals surface area contributed by atoms with Crippen molar-refractivity contribution in [2.75, 3.05) is 13.2 Å². The molecule has 0 bridgehead atoms. The summed E-state index contributed by atoms with van der Waals surface area (Å²) >= 11 is 9.42. The number of hydrogen-bond donors (Lipinski definition) is 2. The molecule has 0 radical (unpaired) electrons. The lowest BCUT2D eigenvalue weighted by atomic mass is 10.2. The molecule has 0 saturated heterocycles. The molecule has 0 aliphatic rings. The van der Waals surface area contributed by atoms with Crippen molar-refractivity contribution >= 4 is 39.3 Å². The van der Waals surface area contributed by atoms with Gasteiger partial charge in [-0.2, -0.15) is 0 Å². The third kappa shape index (κ3) is 6.07. The molecule has 0 unspecified atom stereocenters. The average molecular weight is 426 g/mol. The van der Waals surface area contributed by atoms with Crippen LogP contribution in [0.4, 0.5) is 0 Å². The fourth-order valence-corrected chi connectivity index (χ4v) is 2.79. The molecule has 0 saturated carbocycles. The summed E-state index contributed by atoms with van der Waals surface area (Å²) in [5.41, 5.74) is 1.27.